The highest BCUT2D eigenvalue weighted by molar-refractivity contribution is 5.70. The van der Waals surface area contributed by atoms with Crippen molar-refractivity contribution in [3.8, 4) is 17.0 Å². The van der Waals surface area contributed by atoms with Crippen LogP contribution >= 0.6 is 0 Å². The molecule has 1 aromatic heterocycles. The van der Waals surface area contributed by atoms with Gasteiger partial charge in [0.2, 0.25) is 0 Å². The third kappa shape index (κ3) is 3.26. The number of aromatic nitrogens is 1. The molecule has 0 unspecified atom stereocenters. The maximum atomic E-state index is 11.8. The molecule has 2 N–H and O–H groups in total. The number of aliphatic carboxylic acids is 1. The topological polar surface area (TPSA) is 79.4 Å². The van der Waals surface area contributed by atoms with E-state index in [1.54, 1.807) is 6.07 Å². The monoisotopic (exact) mass is 273 g/mol. The maximum Gasteiger partial charge on any atom is 0.308 e. The quantitative estimate of drug-likeness (QED) is 0.874. The van der Waals surface area contributed by atoms with Gasteiger partial charge in [0, 0.05) is 16.8 Å². The zero-order chi connectivity index (χ0) is 14.5. The van der Waals surface area contributed by atoms with Gasteiger partial charge in [-0.1, -0.05) is 18.2 Å². The number of hydrogen-bond acceptors (Lipinski definition) is 3. The molecule has 20 heavy (non-hydrogen) atoms. The third-order valence-corrected chi connectivity index (χ3v) is 2.79. The number of H-pyrrole nitrogens is 1. The first-order chi connectivity index (χ1) is 9.60. The lowest BCUT2D eigenvalue weighted by atomic mass is 10.1. The van der Waals surface area contributed by atoms with Gasteiger partial charge in [-0.15, -0.1) is 0 Å². The standard InChI is InChI=1S/C15H15NO4/c1-2-20-12-5-3-4-10(8-12)13-7-6-11(9-14(17)18)15(19)16-13/h3-8H,2,9H2,1H3,(H,16,19)(H,17,18). The molecule has 1 heterocycles. The Labute approximate surface area is 115 Å². The molecule has 0 fully saturated rings. The van der Waals surface area contributed by atoms with E-state index in [2.05, 4.69) is 4.98 Å². The smallest absolute Gasteiger partial charge is 0.308 e. The number of ether oxygens (including phenoxy) is 1. The van der Waals surface area contributed by atoms with E-state index in [0.717, 1.165) is 11.3 Å². The molecule has 0 amide bonds. The van der Waals surface area contributed by atoms with Gasteiger partial charge in [-0.3, -0.25) is 9.59 Å². The number of carbonyl (C=O) groups is 1. The molecule has 0 aliphatic carbocycles. The highest BCUT2D eigenvalue weighted by atomic mass is 16.5. The van der Waals surface area contributed by atoms with Gasteiger partial charge in [0.05, 0.1) is 13.0 Å². The highest BCUT2D eigenvalue weighted by Crippen LogP contribution is 2.21. The predicted molar refractivity (Wildman–Crippen MR) is 75.0 cm³/mol. The van der Waals surface area contributed by atoms with Gasteiger partial charge in [-0.05, 0) is 25.1 Å². The van der Waals surface area contributed by atoms with Crippen molar-refractivity contribution in [1.29, 1.82) is 0 Å². The molecule has 1 aromatic carbocycles. The zero-order valence-electron chi connectivity index (χ0n) is 11.1. The number of hydrogen-bond donors (Lipinski definition) is 2. The van der Waals surface area contributed by atoms with Crippen LogP contribution in [0.3, 0.4) is 0 Å². The first-order valence-electron chi connectivity index (χ1n) is 6.27. The van der Waals surface area contributed by atoms with Crippen LogP contribution in [0.2, 0.25) is 0 Å². The number of aromatic amines is 1. The van der Waals surface area contributed by atoms with Crippen molar-refractivity contribution in [2.24, 2.45) is 0 Å². The van der Waals surface area contributed by atoms with Gasteiger partial charge in [-0.2, -0.15) is 0 Å². The molecule has 0 atom stereocenters. The van der Waals surface area contributed by atoms with E-state index in [1.165, 1.54) is 6.07 Å². The molecule has 0 spiro atoms. The second-order valence-corrected chi connectivity index (χ2v) is 4.26. The summed E-state index contributed by atoms with van der Waals surface area (Å²) in [7, 11) is 0. The number of nitrogens with one attached hydrogen (secondary N) is 1. The maximum absolute atomic E-state index is 11.8. The molecule has 0 aliphatic heterocycles. The Morgan fingerprint density at radius 3 is 2.75 bits per heavy atom. The van der Waals surface area contributed by atoms with Crippen molar-refractivity contribution in [2.75, 3.05) is 6.61 Å². The van der Waals surface area contributed by atoms with E-state index in [-0.39, 0.29) is 17.5 Å². The van der Waals surface area contributed by atoms with Crippen LogP contribution in [0.1, 0.15) is 12.5 Å². The van der Waals surface area contributed by atoms with Crippen LogP contribution in [0.5, 0.6) is 5.75 Å². The average Bonchev–Trinajstić information content (AvgIpc) is 2.41. The summed E-state index contributed by atoms with van der Waals surface area (Å²) in [5, 5.41) is 8.70. The lowest BCUT2D eigenvalue weighted by Crippen LogP contribution is -2.16. The van der Waals surface area contributed by atoms with Crippen molar-refractivity contribution < 1.29 is 14.6 Å². The van der Waals surface area contributed by atoms with E-state index in [9.17, 15) is 9.59 Å². The van der Waals surface area contributed by atoms with Crippen molar-refractivity contribution in [3.05, 3.63) is 52.3 Å². The molecular formula is C15H15NO4. The number of carboxylic acid groups (broad SMARTS) is 1. The SMILES string of the molecule is CCOc1cccc(-c2ccc(CC(=O)O)c(=O)[nH]2)c1. The largest absolute Gasteiger partial charge is 0.494 e. The van der Waals surface area contributed by atoms with Crippen molar-refractivity contribution in [2.45, 2.75) is 13.3 Å². The van der Waals surface area contributed by atoms with Crippen LogP contribution in [-0.2, 0) is 11.2 Å². The molecule has 0 saturated carbocycles. The van der Waals surface area contributed by atoms with Gasteiger partial charge < -0.3 is 14.8 Å². The van der Waals surface area contributed by atoms with Gasteiger partial charge in [0.15, 0.2) is 0 Å². The fourth-order valence-electron chi connectivity index (χ4n) is 1.89. The van der Waals surface area contributed by atoms with E-state index < -0.39 is 5.97 Å². The predicted octanol–water partition coefficient (Wildman–Crippen LogP) is 2.07. The number of pyridine rings is 1. The molecule has 2 rings (SSSR count). The van der Waals surface area contributed by atoms with Crippen molar-refractivity contribution >= 4 is 5.97 Å². The summed E-state index contributed by atoms with van der Waals surface area (Å²) in [5.41, 5.74) is 1.30. The fourth-order valence-corrected chi connectivity index (χ4v) is 1.89. The number of rotatable bonds is 5. The van der Waals surface area contributed by atoms with E-state index in [4.69, 9.17) is 9.84 Å². The summed E-state index contributed by atoms with van der Waals surface area (Å²) >= 11 is 0. The number of benzene rings is 1. The Hall–Kier alpha value is -2.56. The first kappa shape index (κ1) is 13.9. The number of carboxylic acids is 1. The van der Waals surface area contributed by atoms with Crippen LogP contribution in [0, 0.1) is 0 Å². The molecule has 0 aliphatic rings. The summed E-state index contributed by atoms with van der Waals surface area (Å²) < 4.78 is 5.40. The van der Waals surface area contributed by atoms with Gasteiger partial charge in [0.1, 0.15) is 5.75 Å². The summed E-state index contributed by atoms with van der Waals surface area (Å²) in [6.45, 7) is 2.47. The fraction of sp³-hybridized carbons (Fsp3) is 0.200. The Morgan fingerprint density at radius 2 is 2.10 bits per heavy atom. The lowest BCUT2D eigenvalue weighted by molar-refractivity contribution is -0.136. The second kappa shape index (κ2) is 6.06. The van der Waals surface area contributed by atoms with Crippen LogP contribution in [0.15, 0.2) is 41.2 Å². The van der Waals surface area contributed by atoms with E-state index >= 15 is 0 Å². The summed E-state index contributed by atoms with van der Waals surface area (Å²) in [6.07, 6.45) is -0.283. The van der Waals surface area contributed by atoms with E-state index in [1.807, 2.05) is 31.2 Å². The Bertz CT molecular complexity index is 676. The summed E-state index contributed by atoms with van der Waals surface area (Å²) in [5.74, 6) is -0.304. The molecule has 104 valence electrons. The highest BCUT2D eigenvalue weighted by Gasteiger charge is 2.07. The molecule has 0 saturated heterocycles. The minimum absolute atomic E-state index is 0.238. The average molecular weight is 273 g/mol. The molecule has 5 nitrogen and oxygen atoms in total. The van der Waals surface area contributed by atoms with E-state index in [0.29, 0.717) is 12.3 Å². The minimum Gasteiger partial charge on any atom is -0.494 e. The van der Waals surface area contributed by atoms with Crippen molar-refractivity contribution in [3.63, 3.8) is 0 Å². The molecule has 0 radical (unpaired) electrons. The van der Waals surface area contributed by atoms with Crippen LogP contribution < -0.4 is 10.3 Å². The van der Waals surface area contributed by atoms with Crippen LogP contribution in [0.25, 0.3) is 11.3 Å². The van der Waals surface area contributed by atoms with Crippen LogP contribution in [0.4, 0.5) is 0 Å². The van der Waals surface area contributed by atoms with Gasteiger partial charge in [0.25, 0.3) is 5.56 Å². The normalized spacial score (nSPS) is 10.2. The molecule has 0 bridgehead atoms. The third-order valence-electron chi connectivity index (χ3n) is 2.79. The summed E-state index contributed by atoms with van der Waals surface area (Å²) in [4.78, 5) is 25.1. The lowest BCUT2D eigenvalue weighted by Gasteiger charge is -2.06. The molecule has 2 aromatic rings. The van der Waals surface area contributed by atoms with Crippen molar-refractivity contribution in [1.82, 2.24) is 4.98 Å². The van der Waals surface area contributed by atoms with Gasteiger partial charge in [-0.25, -0.2) is 0 Å². The molecule has 5 heteroatoms. The van der Waals surface area contributed by atoms with Crippen LogP contribution in [-0.4, -0.2) is 22.7 Å². The van der Waals surface area contributed by atoms with Gasteiger partial charge >= 0.3 is 5.97 Å². The Balaban J connectivity index is 2.34. The summed E-state index contributed by atoms with van der Waals surface area (Å²) in [6, 6.07) is 10.6. The Kier molecular flexibility index (Phi) is 4.20. The molecular weight excluding hydrogens is 258 g/mol. The second-order valence-electron chi connectivity index (χ2n) is 4.26. The Morgan fingerprint density at radius 1 is 1.30 bits per heavy atom. The zero-order valence-corrected chi connectivity index (χ0v) is 11.1. The minimum atomic E-state index is -1.03. The first-order valence-corrected chi connectivity index (χ1v) is 6.27.